The van der Waals surface area contributed by atoms with E-state index < -0.39 is 0 Å². The molecule has 6 heteroatoms. The highest BCUT2D eigenvalue weighted by Crippen LogP contribution is 2.21. The average Bonchev–Trinajstić information content (AvgIpc) is 3.15. The molecule has 0 aliphatic heterocycles. The first kappa shape index (κ1) is 12.8. The summed E-state index contributed by atoms with van der Waals surface area (Å²) in [5.41, 5.74) is 0.914. The fourth-order valence-corrected chi connectivity index (χ4v) is 2.37. The molecule has 1 aliphatic carbocycles. The van der Waals surface area contributed by atoms with E-state index in [0.29, 0.717) is 22.4 Å². The quantitative estimate of drug-likeness (QED) is 0.906. The van der Waals surface area contributed by atoms with Gasteiger partial charge in [-0.2, -0.15) is 0 Å². The molecule has 5 nitrogen and oxygen atoms in total. The topological polar surface area (TPSA) is 71.1 Å². The number of anilines is 1. The van der Waals surface area contributed by atoms with Crippen molar-refractivity contribution in [2.75, 3.05) is 5.32 Å². The number of carbonyl (C=O) groups excluding carboxylic acids is 2. The number of aromatic nitrogens is 1. The molecule has 1 aromatic heterocycles. The molecular weight excluding hydrogens is 274 g/mol. The van der Waals surface area contributed by atoms with E-state index in [1.165, 1.54) is 11.3 Å². The third-order valence-electron chi connectivity index (χ3n) is 2.91. The van der Waals surface area contributed by atoms with E-state index in [0.717, 1.165) is 12.8 Å². The van der Waals surface area contributed by atoms with Crippen molar-refractivity contribution in [2.24, 2.45) is 0 Å². The van der Waals surface area contributed by atoms with Crippen LogP contribution in [-0.2, 0) is 0 Å². The normalized spacial score (nSPS) is 13.8. The first-order valence-electron chi connectivity index (χ1n) is 6.35. The van der Waals surface area contributed by atoms with Crippen LogP contribution in [0.3, 0.4) is 0 Å². The summed E-state index contributed by atoms with van der Waals surface area (Å²) in [7, 11) is 0. The monoisotopic (exact) mass is 287 g/mol. The zero-order valence-corrected chi connectivity index (χ0v) is 11.4. The van der Waals surface area contributed by atoms with Crippen LogP contribution >= 0.6 is 11.3 Å². The number of rotatable bonds is 4. The van der Waals surface area contributed by atoms with Gasteiger partial charge in [-0.25, -0.2) is 4.98 Å². The molecule has 0 saturated heterocycles. The Kier molecular flexibility index (Phi) is 3.47. The minimum atomic E-state index is -0.228. The zero-order chi connectivity index (χ0) is 13.9. The van der Waals surface area contributed by atoms with Gasteiger partial charge < -0.3 is 5.32 Å². The first-order valence-corrected chi connectivity index (χ1v) is 7.23. The van der Waals surface area contributed by atoms with Gasteiger partial charge in [0.25, 0.3) is 11.8 Å². The second kappa shape index (κ2) is 5.42. The van der Waals surface area contributed by atoms with Crippen LogP contribution in [0.4, 0.5) is 5.13 Å². The Morgan fingerprint density at radius 1 is 1.15 bits per heavy atom. The van der Waals surface area contributed by atoms with Crippen LogP contribution in [0.25, 0.3) is 0 Å². The van der Waals surface area contributed by atoms with E-state index >= 15 is 0 Å². The Morgan fingerprint density at radius 3 is 2.60 bits per heavy atom. The molecule has 1 aromatic carbocycles. The summed E-state index contributed by atoms with van der Waals surface area (Å²) < 4.78 is 0. The van der Waals surface area contributed by atoms with Crippen molar-refractivity contribution in [1.82, 2.24) is 10.3 Å². The summed E-state index contributed by atoms with van der Waals surface area (Å²) in [6.45, 7) is 0. The second-order valence-electron chi connectivity index (χ2n) is 4.61. The van der Waals surface area contributed by atoms with E-state index in [4.69, 9.17) is 0 Å². The lowest BCUT2D eigenvalue weighted by Gasteiger charge is -2.01. The predicted molar refractivity (Wildman–Crippen MR) is 77.0 cm³/mol. The largest absolute Gasteiger partial charge is 0.348 e. The Balaban J connectivity index is 1.64. The fraction of sp³-hybridized carbons (Fsp3) is 0.214. The Bertz CT molecular complexity index is 635. The highest BCUT2D eigenvalue weighted by Gasteiger charge is 2.24. The number of nitrogens with one attached hydrogen (secondary N) is 2. The number of amides is 2. The number of benzene rings is 1. The fourth-order valence-electron chi connectivity index (χ4n) is 1.68. The standard InChI is InChI=1S/C14H13N3O2S/c18-12(9-4-2-1-3-5-9)17-14-16-11(8-20-14)13(19)15-10-6-7-10/h1-5,8,10H,6-7H2,(H,15,19)(H,16,17,18). The van der Waals surface area contributed by atoms with Crippen molar-refractivity contribution in [2.45, 2.75) is 18.9 Å². The Morgan fingerprint density at radius 2 is 1.90 bits per heavy atom. The van der Waals surface area contributed by atoms with E-state index in [-0.39, 0.29) is 11.8 Å². The molecule has 2 aromatic rings. The van der Waals surface area contributed by atoms with Gasteiger partial charge in [-0.1, -0.05) is 18.2 Å². The van der Waals surface area contributed by atoms with Crippen molar-refractivity contribution < 1.29 is 9.59 Å². The predicted octanol–water partition coefficient (Wildman–Crippen LogP) is 2.29. The molecule has 0 spiro atoms. The van der Waals surface area contributed by atoms with Crippen LogP contribution in [0.5, 0.6) is 0 Å². The van der Waals surface area contributed by atoms with Crippen LogP contribution in [0.15, 0.2) is 35.7 Å². The minimum Gasteiger partial charge on any atom is -0.348 e. The van der Waals surface area contributed by atoms with Crippen molar-refractivity contribution in [1.29, 1.82) is 0 Å². The maximum absolute atomic E-state index is 11.9. The van der Waals surface area contributed by atoms with Gasteiger partial charge in [-0.05, 0) is 25.0 Å². The number of thiazole rings is 1. The molecule has 0 bridgehead atoms. The van der Waals surface area contributed by atoms with Crippen molar-refractivity contribution in [3.05, 3.63) is 47.0 Å². The van der Waals surface area contributed by atoms with Crippen molar-refractivity contribution >= 4 is 28.3 Å². The number of carbonyl (C=O) groups is 2. The molecule has 1 saturated carbocycles. The molecule has 0 unspecified atom stereocenters. The second-order valence-corrected chi connectivity index (χ2v) is 5.46. The summed E-state index contributed by atoms with van der Waals surface area (Å²) in [6, 6.07) is 9.19. The average molecular weight is 287 g/mol. The van der Waals surface area contributed by atoms with Gasteiger partial charge in [-0.15, -0.1) is 11.3 Å². The van der Waals surface area contributed by atoms with Crippen LogP contribution in [-0.4, -0.2) is 22.8 Å². The molecule has 1 heterocycles. The van der Waals surface area contributed by atoms with Crippen molar-refractivity contribution in [3.8, 4) is 0 Å². The van der Waals surface area contributed by atoms with Crippen LogP contribution < -0.4 is 10.6 Å². The van der Waals surface area contributed by atoms with E-state index in [2.05, 4.69) is 15.6 Å². The summed E-state index contributed by atoms with van der Waals surface area (Å²) in [6.07, 6.45) is 2.07. The molecule has 2 amide bonds. The summed E-state index contributed by atoms with van der Waals surface area (Å²) in [5.74, 6) is -0.405. The SMILES string of the molecule is O=C(Nc1nc(C(=O)NC2CC2)cs1)c1ccccc1. The zero-order valence-electron chi connectivity index (χ0n) is 10.6. The van der Waals surface area contributed by atoms with Gasteiger partial charge >= 0.3 is 0 Å². The van der Waals surface area contributed by atoms with Gasteiger partial charge in [0.2, 0.25) is 0 Å². The third kappa shape index (κ3) is 3.03. The van der Waals surface area contributed by atoms with Gasteiger partial charge in [-0.3, -0.25) is 14.9 Å². The van der Waals surface area contributed by atoms with E-state index in [9.17, 15) is 9.59 Å². The van der Waals surface area contributed by atoms with E-state index in [1.54, 1.807) is 29.6 Å². The van der Waals surface area contributed by atoms with Crippen LogP contribution in [0.2, 0.25) is 0 Å². The lowest BCUT2D eigenvalue weighted by molar-refractivity contribution is 0.0945. The maximum Gasteiger partial charge on any atom is 0.271 e. The van der Waals surface area contributed by atoms with Crippen LogP contribution in [0.1, 0.15) is 33.7 Å². The van der Waals surface area contributed by atoms with Gasteiger partial charge in [0, 0.05) is 17.0 Å². The molecule has 102 valence electrons. The van der Waals surface area contributed by atoms with Gasteiger partial charge in [0.05, 0.1) is 0 Å². The molecule has 0 radical (unpaired) electrons. The highest BCUT2D eigenvalue weighted by molar-refractivity contribution is 7.14. The number of nitrogens with zero attached hydrogens (tertiary/aromatic N) is 1. The number of hydrogen-bond acceptors (Lipinski definition) is 4. The number of hydrogen-bond donors (Lipinski definition) is 2. The van der Waals surface area contributed by atoms with Crippen LogP contribution in [0, 0.1) is 0 Å². The van der Waals surface area contributed by atoms with Gasteiger partial charge in [0.1, 0.15) is 5.69 Å². The molecule has 0 atom stereocenters. The van der Waals surface area contributed by atoms with Crippen molar-refractivity contribution in [3.63, 3.8) is 0 Å². The molecule has 2 N–H and O–H groups in total. The molecular formula is C14H13N3O2S. The molecule has 1 fully saturated rings. The Hall–Kier alpha value is -2.21. The smallest absolute Gasteiger partial charge is 0.271 e. The van der Waals surface area contributed by atoms with E-state index in [1.807, 2.05) is 6.07 Å². The first-order chi connectivity index (χ1) is 9.72. The lowest BCUT2D eigenvalue weighted by atomic mass is 10.2. The maximum atomic E-state index is 11.9. The van der Waals surface area contributed by atoms with Gasteiger partial charge in [0.15, 0.2) is 5.13 Å². The Labute approximate surface area is 120 Å². The third-order valence-corrected chi connectivity index (χ3v) is 3.66. The summed E-state index contributed by atoms with van der Waals surface area (Å²) in [5, 5.41) is 7.63. The molecule has 1 aliphatic rings. The summed E-state index contributed by atoms with van der Waals surface area (Å²) in [4.78, 5) is 27.9. The lowest BCUT2D eigenvalue weighted by Crippen LogP contribution is -2.25. The summed E-state index contributed by atoms with van der Waals surface area (Å²) >= 11 is 1.24. The molecule has 3 rings (SSSR count). The minimum absolute atomic E-state index is 0.177. The highest BCUT2D eigenvalue weighted by atomic mass is 32.1. The molecule has 20 heavy (non-hydrogen) atoms.